The second-order valence-corrected chi connectivity index (χ2v) is 5.37. The Hall–Kier alpha value is -0.610. The number of carbonyl (C=O) groups is 1. The Bertz CT molecular complexity index is 220. The molecular weight excluding hydrogens is 228 g/mol. The molecule has 0 heterocycles. The molecule has 0 saturated carbocycles. The van der Waals surface area contributed by atoms with E-state index in [1.54, 1.807) is 7.11 Å². The maximum Gasteiger partial charge on any atom is 0.220 e. The smallest absolute Gasteiger partial charge is 0.220 e. The maximum atomic E-state index is 11.8. The molecule has 0 saturated heterocycles. The molecule has 0 aromatic carbocycles. The maximum absolute atomic E-state index is 11.8. The van der Waals surface area contributed by atoms with Gasteiger partial charge >= 0.3 is 0 Å². The van der Waals surface area contributed by atoms with Crippen molar-refractivity contribution in [3.8, 4) is 0 Å². The summed E-state index contributed by atoms with van der Waals surface area (Å²) >= 11 is 0. The summed E-state index contributed by atoms with van der Waals surface area (Å²) in [6, 6.07) is 0.185. The second-order valence-electron chi connectivity index (χ2n) is 5.37. The summed E-state index contributed by atoms with van der Waals surface area (Å²) in [5.41, 5.74) is 5.59. The molecule has 4 nitrogen and oxygen atoms in total. The second kappa shape index (κ2) is 10.3. The van der Waals surface area contributed by atoms with Crippen molar-refractivity contribution in [2.75, 3.05) is 20.3 Å². The third-order valence-electron chi connectivity index (χ3n) is 3.38. The van der Waals surface area contributed by atoms with Crippen LogP contribution in [0.4, 0.5) is 0 Å². The zero-order valence-corrected chi connectivity index (χ0v) is 12.4. The van der Waals surface area contributed by atoms with E-state index in [9.17, 15) is 4.79 Å². The third-order valence-corrected chi connectivity index (χ3v) is 3.38. The number of methoxy groups -OCH3 is 1. The van der Waals surface area contributed by atoms with Crippen molar-refractivity contribution in [1.82, 2.24) is 5.32 Å². The van der Waals surface area contributed by atoms with Crippen LogP contribution in [-0.2, 0) is 9.53 Å². The van der Waals surface area contributed by atoms with Crippen molar-refractivity contribution >= 4 is 5.91 Å². The topological polar surface area (TPSA) is 64.3 Å². The lowest BCUT2D eigenvalue weighted by Crippen LogP contribution is -2.33. The van der Waals surface area contributed by atoms with Gasteiger partial charge in [0, 0.05) is 26.2 Å². The molecule has 0 aliphatic carbocycles. The van der Waals surface area contributed by atoms with Crippen LogP contribution in [0.2, 0.25) is 0 Å². The number of carbonyl (C=O) groups excluding carboxylic acids is 1. The van der Waals surface area contributed by atoms with Gasteiger partial charge in [-0.2, -0.15) is 0 Å². The summed E-state index contributed by atoms with van der Waals surface area (Å²) in [7, 11) is 1.68. The Labute approximate surface area is 112 Å². The molecule has 0 rings (SSSR count). The zero-order valence-electron chi connectivity index (χ0n) is 12.4. The van der Waals surface area contributed by atoms with Crippen LogP contribution in [0.15, 0.2) is 0 Å². The quantitative estimate of drug-likeness (QED) is 0.629. The van der Waals surface area contributed by atoms with Crippen LogP contribution in [0.25, 0.3) is 0 Å². The molecule has 2 atom stereocenters. The number of rotatable bonds is 10. The fraction of sp³-hybridized carbons (Fsp3) is 0.929. The normalized spacial score (nSPS) is 14.6. The van der Waals surface area contributed by atoms with E-state index in [2.05, 4.69) is 19.2 Å². The highest BCUT2D eigenvalue weighted by atomic mass is 16.5. The molecule has 0 radical (unpaired) electrons. The Morgan fingerprint density at radius 3 is 2.39 bits per heavy atom. The van der Waals surface area contributed by atoms with Crippen molar-refractivity contribution in [3.05, 3.63) is 0 Å². The predicted molar refractivity (Wildman–Crippen MR) is 75.3 cm³/mol. The number of nitrogens with two attached hydrogens (primary N) is 1. The van der Waals surface area contributed by atoms with Gasteiger partial charge in [0.2, 0.25) is 5.91 Å². The van der Waals surface area contributed by atoms with Crippen LogP contribution in [0, 0.1) is 11.8 Å². The number of ether oxygens (including phenoxy) is 1. The Morgan fingerprint density at radius 1 is 1.22 bits per heavy atom. The molecule has 0 spiro atoms. The molecule has 0 aromatic heterocycles. The minimum Gasteiger partial charge on any atom is -0.385 e. The van der Waals surface area contributed by atoms with E-state index in [-0.39, 0.29) is 11.9 Å². The number of nitrogens with one attached hydrogen (secondary N) is 1. The van der Waals surface area contributed by atoms with E-state index in [0.29, 0.717) is 31.4 Å². The molecule has 3 N–H and O–H groups in total. The molecule has 2 unspecified atom stereocenters. The largest absolute Gasteiger partial charge is 0.385 e. The van der Waals surface area contributed by atoms with E-state index >= 15 is 0 Å². The summed E-state index contributed by atoms with van der Waals surface area (Å²) in [4.78, 5) is 11.8. The summed E-state index contributed by atoms with van der Waals surface area (Å²) in [6.07, 6.45) is 3.39. The number of hydrogen-bond acceptors (Lipinski definition) is 3. The minimum absolute atomic E-state index is 0.140. The van der Waals surface area contributed by atoms with Crippen molar-refractivity contribution in [2.45, 2.75) is 52.5 Å². The van der Waals surface area contributed by atoms with Gasteiger partial charge in [-0.25, -0.2) is 0 Å². The first kappa shape index (κ1) is 17.4. The van der Waals surface area contributed by atoms with Gasteiger partial charge in [-0.1, -0.05) is 13.8 Å². The molecule has 0 aromatic rings. The van der Waals surface area contributed by atoms with Crippen molar-refractivity contribution in [1.29, 1.82) is 0 Å². The molecule has 108 valence electrons. The Balaban J connectivity index is 3.86. The summed E-state index contributed by atoms with van der Waals surface area (Å²) in [6.45, 7) is 7.79. The highest BCUT2D eigenvalue weighted by Gasteiger charge is 2.15. The SMILES string of the molecule is COCCC(C)NC(=O)CCC(CCN)C(C)C. The minimum atomic E-state index is 0.140. The molecule has 0 bridgehead atoms. The van der Waals surface area contributed by atoms with Gasteiger partial charge in [-0.05, 0) is 44.6 Å². The summed E-state index contributed by atoms with van der Waals surface area (Å²) < 4.78 is 4.99. The highest BCUT2D eigenvalue weighted by Crippen LogP contribution is 2.20. The first-order chi connectivity index (χ1) is 8.51. The van der Waals surface area contributed by atoms with Crippen LogP contribution in [0.3, 0.4) is 0 Å². The molecule has 4 heteroatoms. The number of amides is 1. The highest BCUT2D eigenvalue weighted by molar-refractivity contribution is 5.76. The predicted octanol–water partition coefficient (Wildman–Crippen LogP) is 1.93. The Kier molecular flexibility index (Phi) is 9.98. The van der Waals surface area contributed by atoms with Gasteiger partial charge in [-0.3, -0.25) is 4.79 Å². The van der Waals surface area contributed by atoms with E-state index in [1.807, 2.05) is 6.92 Å². The molecular formula is C14H30N2O2. The standard InChI is InChI=1S/C14H30N2O2/c1-11(2)13(7-9-15)5-6-14(17)16-12(3)8-10-18-4/h11-13H,5-10,15H2,1-4H3,(H,16,17). The van der Waals surface area contributed by atoms with Crippen molar-refractivity contribution in [2.24, 2.45) is 17.6 Å². The van der Waals surface area contributed by atoms with E-state index in [0.717, 1.165) is 19.3 Å². The van der Waals surface area contributed by atoms with Crippen LogP contribution in [0.1, 0.15) is 46.5 Å². The summed E-state index contributed by atoms with van der Waals surface area (Å²) in [5.74, 6) is 1.28. The van der Waals surface area contributed by atoms with E-state index < -0.39 is 0 Å². The average molecular weight is 258 g/mol. The lowest BCUT2D eigenvalue weighted by molar-refractivity contribution is -0.122. The lowest BCUT2D eigenvalue weighted by Gasteiger charge is -2.20. The van der Waals surface area contributed by atoms with Gasteiger partial charge in [-0.15, -0.1) is 0 Å². The third kappa shape index (κ3) is 8.48. The van der Waals surface area contributed by atoms with Gasteiger partial charge < -0.3 is 15.8 Å². The molecule has 18 heavy (non-hydrogen) atoms. The molecule has 1 amide bonds. The fourth-order valence-electron chi connectivity index (χ4n) is 2.06. The monoisotopic (exact) mass is 258 g/mol. The van der Waals surface area contributed by atoms with Crippen LogP contribution in [-0.4, -0.2) is 32.2 Å². The van der Waals surface area contributed by atoms with Gasteiger partial charge in [0.15, 0.2) is 0 Å². The molecule has 0 aliphatic heterocycles. The average Bonchev–Trinajstić information content (AvgIpc) is 2.31. The van der Waals surface area contributed by atoms with Crippen molar-refractivity contribution in [3.63, 3.8) is 0 Å². The van der Waals surface area contributed by atoms with E-state index in [4.69, 9.17) is 10.5 Å². The first-order valence-electron chi connectivity index (χ1n) is 6.99. The summed E-state index contributed by atoms with van der Waals surface area (Å²) in [5, 5.41) is 3.00. The molecule has 0 aliphatic rings. The van der Waals surface area contributed by atoms with E-state index in [1.165, 1.54) is 0 Å². The zero-order chi connectivity index (χ0) is 14.0. The first-order valence-corrected chi connectivity index (χ1v) is 6.99. The molecule has 0 fully saturated rings. The Morgan fingerprint density at radius 2 is 1.89 bits per heavy atom. The van der Waals surface area contributed by atoms with Gasteiger partial charge in [0.1, 0.15) is 0 Å². The lowest BCUT2D eigenvalue weighted by atomic mass is 9.88. The van der Waals surface area contributed by atoms with Crippen LogP contribution >= 0.6 is 0 Å². The van der Waals surface area contributed by atoms with Crippen LogP contribution in [0.5, 0.6) is 0 Å². The van der Waals surface area contributed by atoms with Crippen molar-refractivity contribution < 1.29 is 9.53 Å². The fourth-order valence-corrected chi connectivity index (χ4v) is 2.06. The van der Waals surface area contributed by atoms with Gasteiger partial charge in [0.25, 0.3) is 0 Å². The number of hydrogen-bond donors (Lipinski definition) is 2. The van der Waals surface area contributed by atoms with Gasteiger partial charge in [0.05, 0.1) is 0 Å². The van der Waals surface area contributed by atoms with Crippen LogP contribution < -0.4 is 11.1 Å².